The van der Waals surface area contributed by atoms with Crippen molar-refractivity contribution in [3.63, 3.8) is 0 Å². The highest BCUT2D eigenvalue weighted by molar-refractivity contribution is 7.89. The number of halogens is 1. The van der Waals surface area contributed by atoms with Gasteiger partial charge in [0.1, 0.15) is 18.0 Å². The van der Waals surface area contributed by atoms with E-state index in [0.29, 0.717) is 50.5 Å². The SMILES string of the molecule is CCc1cccc(C)c1C(=O)N1C[C@@H](OC)[C@H](Oc2cccc(C(F)S(=O)(=O)N(C)C3CCOCC3)c2)C1. The zero-order valence-electron chi connectivity index (χ0n) is 22.4. The summed E-state index contributed by atoms with van der Waals surface area (Å²) in [4.78, 5) is 15.2. The van der Waals surface area contributed by atoms with E-state index in [4.69, 9.17) is 14.2 Å². The lowest BCUT2D eigenvalue weighted by molar-refractivity contribution is 0.0339. The average Bonchev–Trinajstić information content (AvgIpc) is 3.34. The van der Waals surface area contributed by atoms with E-state index in [1.807, 2.05) is 32.0 Å². The van der Waals surface area contributed by atoms with Crippen LogP contribution in [0.1, 0.15) is 52.3 Å². The first kappa shape index (κ1) is 28.5. The molecule has 3 atom stereocenters. The van der Waals surface area contributed by atoms with Crippen LogP contribution in [0, 0.1) is 6.92 Å². The summed E-state index contributed by atoms with van der Waals surface area (Å²) in [6, 6.07) is 11.6. The summed E-state index contributed by atoms with van der Waals surface area (Å²) < 4.78 is 59.7. The molecule has 0 aliphatic carbocycles. The van der Waals surface area contributed by atoms with Crippen LogP contribution >= 0.6 is 0 Å². The summed E-state index contributed by atoms with van der Waals surface area (Å²) in [6.07, 6.45) is 0.925. The molecule has 0 radical (unpaired) electrons. The second-order valence-electron chi connectivity index (χ2n) is 9.90. The Bertz CT molecular complexity index is 1230. The molecule has 1 amide bonds. The van der Waals surface area contributed by atoms with E-state index in [-0.39, 0.29) is 23.6 Å². The molecule has 4 rings (SSSR count). The number of ether oxygens (including phenoxy) is 3. The van der Waals surface area contributed by atoms with Crippen LogP contribution < -0.4 is 4.74 Å². The second kappa shape index (κ2) is 12.1. The number of hydrogen-bond acceptors (Lipinski definition) is 6. The van der Waals surface area contributed by atoms with Crippen LogP contribution in [-0.2, 0) is 25.9 Å². The van der Waals surface area contributed by atoms with Crippen LogP contribution in [0.5, 0.6) is 5.75 Å². The molecule has 0 N–H and O–H groups in total. The third-order valence-corrected chi connectivity index (χ3v) is 9.43. The summed E-state index contributed by atoms with van der Waals surface area (Å²) in [7, 11) is -1.25. The van der Waals surface area contributed by atoms with Crippen molar-refractivity contribution in [2.24, 2.45) is 0 Å². The molecule has 10 heteroatoms. The van der Waals surface area contributed by atoms with Crippen molar-refractivity contribution in [1.82, 2.24) is 9.21 Å². The number of carbonyl (C=O) groups is 1. The summed E-state index contributed by atoms with van der Waals surface area (Å²) in [5.74, 6) is 0.244. The lowest BCUT2D eigenvalue weighted by atomic mass is 9.99. The molecule has 2 aromatic carbocycles. The highest BCUT2D eigenvalue weighted by Crippen LogP contribution is 2.32. The highest BCUT2D eigenvalue weighted by Gasteiger charge is 2.39. The Balaban J connectivity index is 1.48. The van der Waals surface area contributed by atoms with Crippen molar-refractivity contribution in [1.29, 1.82) is 0 Å². The van der Waals surface area contributed by atoms with Crippen molar-refractivity contribution in [3.05, 3.63) is 64.7 Å². The zero-order chi connectivity index (χ0) is 27.4. The van der Waals surface area contributed by atoms with Gasteiger partial charge in [-0.25, -0.2) is 12.8 Å². The van der Waals surface area contributed by atoms with Crippen molar-refractivity contribution in [2.45, 2.75) is 56.9 Å². The van der Waals surface area contributed by atoms with E-state index in [0.717, 1.165) is 21.9 Å². The van der Waals surface area contributed by atoms with Gasteiger partial charge in [0.15, 0.2) is 0 Å². The molecule has 2 aromatic rings. The molecule has 1 unspecified atom stereocenters. The van der Waals surface area contributed by atoms with E-state index >= 15 is 4.39 Å². The fraction of sp³-hybridized carbons (Fsp3) is 0.536. The minimum atomic E-state index is -4.23. The molecule has 38 heavy (non-hydrogen) atoms. The van der Waals surface area contributed by atoms with Gasteiger partial charge >= 0.3 is 0 Å². The molecular formula is C28H37FN2O6S. The Morgan fingerprint density at radius 2 is 1.84 bits per heavy atom. The molecule has 2 heterocycles. The van der Waals surface area contributed by atoms with Gasteiger partial charge < -0.3 is 19.1 Å². The number of nitrogens with zero attached hydrogens (tertiary/aromatic N) is 2. The van der Waals surface area contributed by atoms with Gasteiger partial charge in [0.05, 0.1) is 13.1 Å². The number of hydrogen-bond donors (Lipinski definition) is 0. The smallest absolute Gasteiger partial charge is 0.254 e. The van der Waals surface area contributed by atoms with Gasteiger partial charge in [-0.1, -0.05) is 37.3 Å². The van der Waals surface area contributed by atoms with E-state index in [1.165, 1.54) is 19.2 Å². The number of alkyl halides is 1. The summed E-state index contributed by atoms with van der Waals surface area (Å²) in [5, 5.41) is 0. The van der Waals surface area contributed by atoms with Gasteiger partial charge in [0.25, 0.3) is 15.9 Å². The summed E-state index contributed by atoms with van der Waals surface area (Å²) in [5.41, 5.74) is 0.371. The Morgan fingerprint density at radius 3 is 2.53 bits per heavy atom. The molecule has 2 saturated heterocycles. The third-order valence-electron chi connectivity index (χ3n) is 7.53. The van der Waals surface area contributed by atoms with Gasteiger partial charge in [-0.2, -0.15) is 4.31 Å². The number of likely N-dealkylation sites (tertiary alicyclic amines) is 1. The first-order chi connectivity index (χ1) is 18.2. The van der Waals surface area contributed by atoms with Crippen LogP contribution in [0.15, 0.2) is 42.5 Å². The maximum atomic E-state index is 15.4. The van der Waals surface area contributed by atoms with Gasteiger partial charge in [-0.05, 0) is 49.4 Å². The fourth-order valence-corrected chi connectivity index (χ4v) is 6.62. The molecule has 2 fully saturated rings. The van der Waals surface area contributed by atoms with E-state index in [9.17, 15) is 13.2 Å². The van der Waals surface area contributed by atoms with E-state index in [1.54, 1.807) is 24.1 Å². The average molecular weight is 549 g/mol. The minimum Gasteiger partial charge on any atom is -0.486 e. The quantitative estimate of drug-likeness (QED) is 0.473. The molecule has 2 aliphatic heterocycles. The van der Waals surface area contributed by atoms with Crippen LogP contribution in [0.2, 0.25) is 0 Å². The standard InChI is InChI=1S/C28H37FN2O6S/c1-5-20-9-6-8-19(2)26(20)28(32)31-17-24(35-4)25(18-31)37-23-11-7-10-21(16-23)27(29)38(33,34)30(3)22-12-14-36-15-13-22/h6-11,16,22,24-25,27H,5,12-15,17-18H2,1-4H3/t24-,25-,27?/m1/s1. The van der Waals surface area contributed by atoms with Gasteiger partial charge in [-0.3, -0.25) is 4.79 Å². The topological polar surface area (TPSA) is 85.4 Å². The molecular weight excluding hydrogens is 511 g/mol. The predicted molar refractivity (Wildman–Crippen MR) is 142 cm³/mol. The van der Waals surface area contributed by atoms with E-state index in [2.05, 4.69) is 0 Å². The molecule has 0 aromatic heterocycles. The number of carbonyl (C=O) groups excluding carboxylic acids is 1. The Morgan fingerprint density at radius 1 is 1.16 bits per heavy atom. The molecule has 0 bridgehead atoms. The van der Waals surface area contributed by atoms with Crippen LogP contribution in [0.4, 0.5) is 4.39 Å². The number of amides is 1. The van der Waals surface area contributed by atoms with Gasteiger partial charge in [-0.15, -0.1) is 0 Å². The molecule has 8 nitrogen and oxygen atoms in total. The van der Waals surface area contributed by atoms with Crippen LogP contribution in [-0.4, -0.2) is 82.2 Å². The molecule has 0 spiro atoms. The Kier molecular flexibility index (Phi) is 9.07. The van der Waals surface area contributed by atoms with Gasteiger partial charge in [0, 0.05) is 44.5 Å². The number of aryl methyl sites for hydroxylation is 2. The predicted octanol–water partition coefficient (Wildman–Crippen LogP) is 3.88. The number of rotatable bonds is 9. The van der Waals surface area contributed by atoms with Crippen molar-refractivity contribution in [2.75, 3.05) is 40.5 Å². The summed E-state index contributed by atoms with van der Waals surface area (Å²) in [6.45, 7) is 5.50. The molecule has 0 saturated carbocycles. The minimum absolute atomic E-state index is 0.00574. The molecule has 208 valence electrons. The zero-order valence-corrected chi connectivity index (χ0v) is 23.2. The van der Waals surface area contributed by atoms with Crippen LogP contribution in [0.25, 0.3) is 0 Å². The fourth-order valence-electron chi connectivity index (χ4n) is 5.21. The Labute approximate surface area is 224 Å². The number of benzene rings is 2. The normalized spacial score (nSPS) is 21.6. The lowest BCUT2D eigenvalue weighted by Crippen LogP contribution is -2.42. The summed E-state index contributed by atoms with van der Waals surface area (Å²) >= 11 is 0. The molecule has 2 aliphatic rings. The number of sulfonamides is 1. The monoisotopic (exact) mass is 548 g/mol. The maximum Gasteiger partial charge on any atom is 0.254 e. The Hall–Kier alpha value is -2.53. The first-order valence-corrected chi connectivity index (χ1v) is 14.5. The first-order valence-electron chi connectivity index (χ1n) is 13.0. The maximum absolute atomic E-state index is 15.4. The number of methoxy groups -OCH3 is 1. The van der Waals surface area contributed by atoms with Crippen molar-refractivity contribution in [3.8, 4) is 5.75 Å². The van der Waals surface area contributed by atoms with Crippen LogP contribution in [0.3, 0.4) is 0 Å². The largest absolute Gasteiger partial charge is 0.486 e. The van der Waals surface area contributed by atoms with E-state index < -0.39 is 21.6 Å². The van der Waals surface area contributed by atoms with Crippen molar-refractivity contribution >= 4 is 15.9 Å². The second-order valence-corrected chi connectivity index (χ2v) is 11.9. The highest BCUT2D eigenvalue weighted by atomic mass is 32.2. The lowest BCUT2D eigenvalue weighted by Gasteiger charge is -2.31. The van der Waals surface area contributed by atoms with Gasteiger partial charge in [0.2, 0.25) is 5.50 Å². The van der Waals surface area contributed by atoms with Crippen molar-refractivity contribution < 1.29 is 31.8 Å². The third kappa shape index (κ3) is 5.88.